The molecule has 140 valence electrons. The fourth-order valence-electron chi connectivity index (χ4n) is 2.51. The summed E-state index contributed by atoms with van der Waals surface area (Å²) in [6, 6.07) is 11.2. The normalized spacial score (nSPS) is 11.6. The van der Waals surface area contributed by atoms with E-state index in [9.17, 15) is 4.79 Å². The molecular formula is C20H24BrNO4. The van der Waals surface area contributed by atoms with Crippen molar-refractivity contribution in [1.82, 2.24) is 5.32 Å². The number of benzene rings is 2. The third-order valence-corrected chi connectivity index (χ3v) is 4.67. The van der Waals surface area contributed by atoms with Gasteiger partial charge in [0.15, 0.2) is 18.1 Å². The van der Waals surface area contributed by atoms with Crippen molar-refractivity contribution < 1.29 is 19.0 Å². The first-order valence-electron chi connectivity index (χ1n) is 8.41. The molecule has 0 spiro atoms. The van der Waals surface area contributed by atoms with Crippen LogP contribution in [-0.4, -0.2) is 26.7 Å². The molecule has 0 aromatic heterocycles. The maximum absolute atomic E-state index is 12.2. The second-order valence-electron chi connectivity index (χ2n) is 5.81. The minimum absolute atomic E-state index is 0.0539. The van der Waals surface area contributed by atoms with Crippen molar-refractivity contribution >= 4 is 21.8 Å². The highest BCUT2D eigenvalue weighted by Crippen LogP contribution is 2.30. The first kappa shape index (κ1) is 20.1. The van der Waals surface area contributed by atoms with Crippen LogP contribution in [0.2, 0.25) is 0 Å². The fraction of sp³-hybridized carbons (Fsp3) is 0.350. The quantitative estimate of drug-likeness (QED) is 0.690. The lowest BCUT2D eigenvalue weighted by Crippen LogP contribution is -2.31. The van der Waals surface area contributed by atoms with Gasteiger partial charge in [-0.2, -0.15) is 0 Å². The number of ether oxygens (including phenoxy) is 3. The average molecular weight is 422 g/mol. The van der Waals surface area contributed by atoms with Gasteiger partial charge in [-0.1, -0.05) is 19.1 Å². The Kier molecular flexibility index (Phi) is 7.33. The summed E-state index contributed by atoms with van der Waals surface area (Å²) in [5.74, 6) is 1.73. The second kappa shape index (κ2) is 9.48. The molecule has 1 amide bonds. The van der Waals surface area contributed by atoms with E-state index in [1.54, 1.807) is 14.2 Å². The van der Waals surface area contributed by atoms with Crippen molar-refractivity contribution in [2.24, 2.45) is 0 Å². The molecular weight excluding hydrogens is 398 g/mol. The smallest absolute Gasteiger partial charge is 0.258 e. The minimum atomic E-state index is -0.196. The molecule has 2 aromatic rings. The van der Waals surface area contributed by atoms with Gasteiger partial charge in [-0.25, -0.2) is 0 Å². The van der Waals surface area contributed by atoms with Gasteiger partial charge in [0.1, 0.15) is 5.75 Å². The number of aryl methyl sites for hydroxylation is 1. The third-order valence-electron chi connectivity index (χ3n) is 4.05. The number of rotatable bonds is 8. The maximum Gasteiger partial charge on any atom is 0.258 e. The molecule has 2 aromatic carbocycles. The van der Waals surface area contributed by atoms with Crippen LogP contribution in [0, 0.1) is 0 Å². The highest BCUT2D eigenvalue weighted by Gasteiger charge is 2.13. The molecule has 0 fully saturated rings. The Morgan fingerprint density at radius 1 is 1.08 bits per heavy atom. The SMILES string of the molecule is CCc1ccc(OCC(=O)N[C@H](C)c2ccc(OC)c(OC)c2)c(Br)c1. The zero-order valence-electron chi connectivity index (χ0n) is 15.5. The van der Waals surface area contributed by atoms with Gasteiger partial charge in [0, 0.05) is 0 Å². The van der Waals surface area contributed by atoms with Crippen LogP contribution in [-0.2, 0) is 11.2 Å². The summed E-state index contributed by atoms with van der Waals surface area (Å²) in [5, 5.41) is 2.92. The third kappa shape index (κ3) is 5.14. The van der Waals surface area contributed by atoms with Crippen LogP contribution >= 0.6 is 15.9 Å². The van der Waals surface area contributed by atoms with Gasteiger partial charge in [0.25, 0.3) is 5.91 Å². The van der Waals surface area contributed by atoms with Gasteiger partial charge in [0.2, 0.25) is 0 Å². The molecule has 26 heavy (non-hydrogen) atoms. The van der Waals surface area contributed by atoms with Crippen molar-refractivity contribution in [3.63, 3.8) is 0 Å². The summed E-state index contributed by atoms with van der Waals surface area (Å²) in [6.45, 7) is 3.94. The minimum Gasteiger partial charge on any atom is -0.493 e. The molecule has 0 saturated carbocycles. The lowest BCUT2D eigenvalue weighted by Gasteiger charge is -2.17. The summed E-state index contributed by atoms with van der Waals surface area (Å²) < 4.78 is 17.0. The number of amides is 1. The summed E-state index contributed by atoms with van der Waals surface area (Å²) in [6.07, 6.45) is 0.947. The number of halogens is 1. The van der Waals surface area contributed by atoms with E-state index < -0.39 is 0 Å². The van der Waals surface area contributed by atoms with Crippen molar-refractivity contribution in [3.05, 3.63) is 52.0 Å². The standard InChI is InChI=1S/C20H24BrNO4/c1-5-14-6-8-17(16(21)10-14)26-12-20(23)22-13(2)15-7-9-18(24-3)19(11-15)25-4/h6-11,13H,5,12H2,1-4H3,(H,22,23)/t13-/m1/s1. The number of carbonyl (C=O) groups excluding carboxylic acids is 1. The van der Waals surface area contributed by atoms with Gasteiger partial charge < -0.3 is 19.5 Å². The lowest BCUT2D eigenvalue weighted by atomic mass is 10.1. The van der Waals surface area contributed by atoms with Crippen LogP contribution in [0.5, 0.6) is 17.2 Å². The largest absolute Gasteiger partial charge is 0.493 e. The zero-order chi connectivity index (χ0) is 19.1. The Bertz CT molecular complexity index is 763. The van der Waals surface area contributed by atoms with Crippen molar-refractivity contribution in [2.45, 2.75) is 26.3 Å². The van der Waals surface area contributed by atoms with Gasteiger partial charge in [-0.15, -0.1) is 0 Å². The van der Waals surface area contributed by atoms with E-state index in [-0.39, 0.29) is 18.6 Å². The summed E-state index contributed by atoms with van der Waals surface area (Å²) in [4.78, 5) is 12.2. The molecule has 6 heteroatoms. The molecule has 0 aliphatic carbocycles. The molecule has 5 nitrogen and oxygen atoms in total. The summed E-state index contributed by atoms with van der Waals surface area (Å²) in [5.41, 5.74) is 2.13. The maximum atomic E-state index is 12.2. The Morgan fingerprint density at radius 3 is 2.38 bits per heavy atom. The Hall–Kier alpha value is -2.21. The molecule has 0 radical (unpaired) electrons. The number of methoxy groups -OCH3 is 2. The number of nitrogens with one attached hydrogen (secondary N) is 1. The molecule has 0 heterocycles. The molecule has 1 atom stereocenters. The highest BCUT2D eigenvalue weighted by atomic mass is 79.9. The molecule has 0 unspecified atom stereocenters. The fourth-order valence-corrected chi connectivity index (χ4v) is 3.05. The van der Waals surface area contributed by atoms with E-state index in [1.165, 1.54) is 5.56 Å². The van der Waals surface area contributed by atoms with E-state index in [0.717, 1.165) is 16.5 Å². The van der Waals surface area contributed by atoms with E-state index in [4.69, 9.17) is 14.2 Å². The van der Waals surface area contributed by atoms with E-state index in [1.807, 2.05) is 43.3 Å². The molecule has 0 saturated heterocycles. The number of carbonyl (C=O) groups is 1. The van der Waals surface area contributed by atoms with Crippen LogP contribution in [0.25, 0.3) is 0 Å². The molecule has 1 N–H and O–H groups in total. The van der Waals surface area contributed by atoms with E-state index in [0.29, 0.717) is 17.2 Å². The molecule has 0 aliphatic rings. The Morgan fingerprint density at radius 2 is 1.77 bits per heavy atom. The zero-order valence-corrected chi connectivity index (χ0v) is 17.1. The van der Waals surface area contributed by atoms with E-state index >= 15 is 0 Å². The monoisotopic (exact) mass is 421 g/mol. The van der Waals surface area contributed by atoms with Crippen LogP contribution in [0.15, 0.2) is 40.9 Å². The highest BCUT2D eigenvalue weighted by molar-refractivity contribution is 9.10. The number of hydrogen-bond acceptors (Lipinski definition) is 4. The second-order valence-corrected chi connectivity index (χ2v) is 6.66. The molecule has 0 bridgehead atoms. The van der Waals surface area contributed by atoms with Crippen molar-refractivity contribution in [2.75, 3.05) is 20.8 Å². The topological polar surface area (TPSA) is 56.8 Å². The van der Waals surface area contributed by atoms with Crippen LogP contribution in [0.1, 0.15) is 31.0 Å². The number of hydrogen-bond donors (Lipinski definition) is 1. The predicted molar refractivity (Wildman–Crippen MR) is 105 cm³/mol. The van der Waals surface area contributed by atoms with Gasteiger partial charge in [0.05, 0.1) is 24.7 Å². The van der Waals surface area contributed by atoms with Crippen LogP contribution in [0.3, 0.4) is 0 Å². The average Bonchev–Trinajstić information content (AvgIpc) is 2.66. The van der Waals surface area contributed by atoms with Gasteiger partial charge in [-0.3, -0.25) is 4.79 Å². The summed E-state index contributed by atoms with van der Waals surface area (Å²) in [7, 11) is 3.17. The molecule has 0 aliphatic heterocycles. The Balaban J connectivity index is 1.95. The predicted octanol–water partition coefficient (Wildman–Crippen LogP) is 4.28. The molecule has 2 rings (SSSR count). The van der Waals surface area contributed by atoms with Crippen molar-refractivity contribution in [3.8, 4) is 17.2 Å². The summed E-state index contributed by atoms with van der Waals surface area (Å²) >= 11 is 3.47. The van der Waals surface area contributed by atoms with Gasteiger partial charge >= 0.3 is 0 Å². The lowest BCUT2D eigenvalue weighted by molar-refractivity contribution is -0.123. The van der Waals surface area contributed by atoms with Crippen molar-refractivity contribution in [1.29, 1.82) is 0 Å². The van der Waals surface area contributed by atoms with Crippen LogP contribution in [0.4, 0.5) is 0 Å². The van der Waals surface area contributed by atoms with E-state index in [2.05, 4.69) is 28.2 Å². The first-order valence-corrected chi connectivity index (χ1v) is 9.20. The Labute approximate surface area is 162 Å². The van der Waals surface area contributed by atoms with Gasteiger partial charge in [-0.05, 0) is 64.7 Å². The van der Waals surface area contributed by atoms with Crippen LogP contribution < -0.4 is 19.5 Å². The first-order chi connectivity index (χ1) is 12.5.